The first kappa shape index (κ1) is 13.7. The number of carboxylic acids is 1. The average Bonchev–Trinajstić information content (AvgIpc) is 3.17. The van der Waals surface area contributed by atoms with Crippen LogP contribution in [0.5, 0.6) is 0 Å². The van der Waals surface area contributed by atoms with Gasteiger partial charge in [-0.05, 0) is 37.8 Å². The number of carbonyl (C=O) groups is 1. The molecule has 2 aromatic rings. The van der Waals surface area contributed by atoms with Crippen molar-refractivity contribution in [2.24, 2.45) is 5.92 Å². The van der Waals surface area contributed by atoms with E-state index in [-0.39, 0.29) is 22.9 Å². The standard InChI is InChI=1S/C15H14F2N2O2/c1-8(9-2-3-9)19-7-12(15(20)21)14(18-19)11-5-4-10(16)6-13(11)17/h4-9H,2-3H2,1H3,(H,20,21). The lowest BCUT2D eigenvalue weighted by atomic mass is 10.1. The number of rotatable bonds is 4. The van der Waals surface area contributed by atoms with Crippen molar-refractivity contribution in [1.82, 2.24) is 9.78 Å². The molecule has 1 unspecified atom stereocenters. The van der Waals surface area contributed by atoms with Crippen LogP contribution in [0.15, 0.2) is 24.4 Å². The van der Waals surface area contributed by atoms with Gasteiger partial charge in [0.25, 0.3) is 0 Å². The van der Waals surface area contributed by atoms with Crippen LogP contribution in [0, 0.1) is 17.6 Å². The molecule has 1 N–H and O–H groups in total. The normalized spacial score (nSPS) is 16.0. The first-order valence-corrected chi connectivity index (χ1v) is 6.75. The fourth-order valence-electron chi connectivity index (χ4n) is 2.43. The molecule has 0 amide bonds. The molecular weight excluding hydrogens is 278 g/mol. The molecule has 0 spiro atoms. The smallest absolute Gasteiger partial charge is 0.339 e. The molecule has 0 bridgehead atoms. The molecule has 1 aromatic heterocycles. The Labute approximate surface area is 120 Å². The maximum atomic E-state index is 13.9. The number of aromatic carboxylic acids is 1. The van der Waals surface area contributed by atoms with E-state index in [0.29, 0.717) is 5.92 Å². The van der Waals surface area contributed by atoms with E-state index in [1.54, 1.807) is 4.68 Å². The predicted molar refractivity (Wildman–Crippen MR) is 72.0 cm³/mol. The van der Waals surface area contributed by atoms with Crippen molar-refractivity contribution in [2.45, 2.75) is 25.8 Å². The van der Waals surface area contributed by atoms with Crippen LogP contribution in [0.1, 0.15) is 36.2 Å². The van der Waals surface area contributed by atoms with E-state index in [2.05, 4.69) is 5.10 Å². The van der Waals surface area contributed by atoms with E-state index in [4.69, 9.17) is 0 Å². The summed E-state index contributed by atoms with van der Waals surface area (Å²) in [7, 11) is 0. The zero-order chi connectivity index (χ0) is 15.1. The van der Waals surface area contributed by atoms with Crippen molar-refractivity contribution < 1.29 is 18.7 Å². The molecule has 0 saturated heterocycles. The van der Waals surface area contributed by atoms with Gasteiger partial charge in [0.1, 0.15) is 22.9 Å². The zero-order valence-electron chi connectivity index (χ0n) is 11.4. The second kappa shape index (κ2) is 4.95. The van der Waals surface area contributed by atoms with Gasteiger partial charge < -0.3 is 5.11 Å². The Balaban J connectivity index is 2.09. The van der Waals surface area contributed by atoms with Gasteiger partial charge in [0.2, 0.25) is 0 Å². The van der Waals surface area contributed by atoms with Crippen molar-refractivity contribution in [1.29, 1.82) is 0 Å². The summed E-state index contributed by atoms with van der Waals surface area (Å²) in [6, 6.07) is 3.10. The minimum absolute atomic E-state index is 0.00412. The summed E-state index contributed by atoms with van der Waals surface area (Å²) in [5, 5.41) is 13.5. The number of nitrogens with zero attached hydrogens (tertiary/aromatic N) is 2. The summed E-state index contributed by atoms with van der Waals surface area (Å²) in [6.45, 7) is 1.96. The molecule has 21 heavy (non-hydrogen) atoms. The van der Waals surface area contributed by atoms with Crippen molar-refractivity contribution in [3.63, 3.8) is 0 Å². The lowest BCUT2D eigenvalue weighted by Gasteiger charge is -2.09. The number of benzene rings is 1. The van der Waals surface area contributed by atoms with Gasteiger partial charge in [-0.25, -0.2) is 13.6 Å². The van der Waals surface area contributed by atoms with E-state index in [1.165, 1.54) is 12.3 Å². The molecule has 3 rings (SSSR count). The molecule has 1 heterocycles. The maximum Gasteiger partial charge on any atom is 0.339 e. The highest BCUT2D eigenvalue weighted by molar-refractivity contribution is 5.94. The van der Waals surface area contributed by atoms with Gasteiger partial charge in [0.15, 0.2) is 0 Å². The lowest BCUT2D eigenvalue weighted by Crippen LogP contribution is -2.07. The summed E-state index contributed by atoms with van der Waals surface area (Å²) >= 11 is 0. The van der Waals surface area contributed by atoms with Crippen molar-refractivity contribution in [3.05, 3.63) is 41.6 Å². The molecule has 1 atom stereocenters. The molecule has 1 aliphatic rings. The Kier molecular flexibility index (Phi) is 3.23. The highest BCUT2D eigenvalue weighted by Gasteiger charge is 2.31. The molecule has 0 radical (unpaired) electrons. The van der Waals surface area contributed by atoms with E-state index in [0.717, 1.165) is 25.0 Å². The lowest BCUT2D eigenvalue weighted by molar-refractivity contribution is 0.0697. The highest BCUT2D eigenvalue weighted by Crippen LogP contribution is 2.40. The third kappa shape index (κ3) is 2.53. The number of hydrogen-bond acceptors (Lipinski definition) is 2. The van der Waals surface area contributed by atoms with Gasteiger partial charge in [-0.2, -0.15) is 5.10 Å². The molecule has 4 nitrogen and oxygen atoms in total. The molecule has 1 aliphatic carbocycles. The largest absolute Gasteiger partial charge is 0.478 e. The predicted octanol–water partition coefficient (Wildman–Crippen LogP) is 3.50. The number of halogens is 2. The van der Waals surface area contributed by atoms with Crippen molar-refractivity contribution >= 4 is 5.97 Å². The fourth-order valence-corrected chi connectivity index (χ4v) is 2.43. The SMILES string of the molecule is CC(C1CC1)n1cc(C(=O)O)c(-c2ccc(F)cc2F)n1. The van der Waals surface area contributed by atoms with Crippen LogP contribution in [-0.2, 0) is 0 Å². The molecule has 1 aromatic carbocycles. The molecule has 110 valence electrons. The van der Waals surface area contributed by atoms with E-state index in [1.807, 2.05) is 6.92 Å². The van der Waals surface area contributed by atoms with E-state index in [9.17, 15) is 18.7 Å². The van der Waals surface area contributed by atoms with Crippen molar-refractivity contribution in [2.75, 3.05) is 0 Å². The fraction of sp³-hybridized carbons (Fsp3) is 0.333. The quantitative estimate of drug-likeness (QED) is 0.938. The minimum atomic E-state index is -1.18. The third-order valence-corrected chi connectivity index (χ3v) is 3.87. The van der Waals surface area contributed by atoms with Gasteiger partial charge in [0.05, 0.1) is 6.04 Å². The summed E-state index contributed by atoms with van der Waals surface area (Å²) in [4.78, 5) is 11.3. The molecule has 0 aliphatic heterocycles. The number of hydrogen-bond donors (Lipinski definition) is 1. The maximum absolute atomic E-state index is 13.9. The summed E-state index contributed by atoms with van der Waals surface area (Å²) < 4.78 is 28.4. The summed E-state index contributed by atoms with van der Waals surface area (Å²) in [6.07, 6.45) is 3.59. The summed E-state index contributed by atoms with van der Waals surface area (Å²) in [5.74, 6) is -2.22. The Morgan fingerprint density at radius 2 is 2.14 bits per heavy atom. The van der Waals surface area contributed by atoms with E-state index < -0.39 is 17.6 Å². The van der Waals surface area contributed by atoms with Gasteiger partial charge >= 0.3 is 5.97 Å². The van der Waals surface area contributed by atoms with Crippen LogP contribution in [0.4, 0.5) is 8.78 Å². The average molecular weight is 292 g/mol. The first-order valence-electron chi connectivity index (χ1n) is 6.75. The van der Waals surface area contributed by atoms with Gasteiger partial charge in [-0.3, -0.25) is 4.68 Å². The molecule has 1 saturated carbocycles. The number of aromatic nitrogens is 2. The Hall–Kier alpha value is -2.24. The summed E-state index contributed by atoms with van der Waals surface area (Å²) in [5.41, 5.74) is -0.0453. The Morgan fingerprint density at radius 1 is 1.43 bits per heavy atom. The minimum Gasteiger partial charge on any atom is -0.478 e. The first-order chi connectivity index (χ1) is 9.97. The molecular formula is C15H14F2N2O2. The van der Waals surface area contributed by atoms with Crippen LogP contribution >= 0.6 is 0 Å². The highest BCUT2D eigenvalue weighted by atomic mass is 19.1. The second-order valence-electron chi connectivity index (χ2n) is 5.38. The Morgan fingerprint density at radius 3 is 2.71 bits per heavy atom. The van der Waals surface area contributed by atoms with Crippen LogP contribution < -0.4 is 0 Å². The number of carboxylic acid groups (broad SMARTS) is 1. The molecule has 1 fully saturated rings. The monoisotopic (exact) mass is 292 g/mol. The van der Waals surface area contributed by atoms with Crippen LogP contribution in [0.3, 0.4) is 0 Å². The van der Waals surface area contributed by atoms with Crippen LogP contribution in [0.2, 0.25) is 0 Å². The molecule has 6 heteroatoms. The van der Waals surface area contributed by atoms with Gasteiger partial charge in [0, 0.05) is 17.8 Å². The van der Waals surface area contributed by atoms with E-state index >= 15 is 0 Å². The van der Waals surface area contributed by atoms with Crippen molar-refractivity contribution in [3.8, 4) is 11.3 Å². The topological polar surface area (TPSA) is 55.1 Å². The second-order valence-corrected chi connectivity index (χ2v) is 5.38. The van der Waals surface area contributed by atoms with Crippen LogP contribution in [-0.4, -0.2) is 20.9 Å². The van der Waals surface area contributed by atoms with Gasteiger partial charge in [-0.15, -0.1) is 0 Å². The Bertz CT molecular complexity index is 708. The van der Waals surface area contributed by atoms with Crippen LogP contribution in [0.25, 0.3) is 11.3 Å². The van der Waals surface area contributed by atoms with Gasteiger partial charge in [-0.1, -0.05) is 0 Å². The third-order valence-electron chi connectivity index (χ3n) is 3.87. The zero-order valence-corrected chi connectivity index (χ0v) is 11.4.